The van der Waals surface area contributed by atoms with Crippen LogP contribution in [-0.2, 0) is 6.54 Å². The van der Waals surface area contributed by atoms with Gasteiger partial charge in [-0.2, -0.15) is 0 Å². The molecule has 23 heavy (non-hydrogen) atoms. The molecule has 122 valence electrons. The molecule has 0 aromatic carbocycles. The second kappa shape index (κ2) is 7.45. The zero-order valence-corrected chi connectivity index (χ0v) is 13.9. The van der Waals surface area contributed by atoms with Crippen molar-refractivity contribution in [1.29, 1.82) is 0 Å². The SMILES string of the molecule is CCCSc1ncc(-c2nccn2CCN2CCNC2=O)cn1. The summed E-state index contributed by atoms with van der Waals surface area (Å²) in [5.74, 6) is 1.85. The molecule has 0 atom stereocenters. The van der Waals surface area contributed by atoms with Crippen LogP contribution in [0.3, 0.4) is 0 Å². The molecule has 8 heteroatoms. The van der Waals surface area contributed by atoms with Gasteiger partial charge in [0, 0.05) is 56.7 Å². The summed E-state index contributed by atoms with van der Waals surface area (Å²) in [4.78, 5) is 26.6. The van der Waals surface area contributed by atoms with Gasteiger partial charge in [-0.3, -0.25) is 0 Å². The number of carbonyl (C=O) groups excluding carboxylic acids is 1. The molecule has 0 saturated carbocycles. The van der Waals surface area contributed by atoms with Crippen molar-refractivity contribution in [3.05, 3.63) is 24.8 Å². The van der Waals surface area contributed by atoms with Gasteiger partial charge in [-0.15, -0.1) is 0 Å². The molecule has 7 nitrogen and oxygen atoms in total. The van der Waals surface area contributed by atoms with Gasteiger partial charge in [-0.05, 0) is 6.42 Å². The Kier molecular flexibility index (Phi) is 5.12. The van der Waals surface area contributed by atoms with Crippen molar-refractivity contribution >= 4 is 17.8 Å². The van der Waals surface area contributed by atoms with Crippen LogP contribution in [0, 0.1) is 0 Å². The second-order valence-electron chi connectivity index (χ2n) is 5.27. The maximum Gasteiger partial charge on any atom is 0.317 e. The summed E-state index contributed by atoms with van der Waals surface area (Å²) in [6, 6.07) is 0.00676. The third-order valence-electron chi connectivity index (χ3n) is 3.59. The van der Waals surface area contributed by atoms with Crippen molar-refractivity contribution in [2.45, 2.75) is 25.0 Å². The van der Waals surface area contributed by atoms with E-state index in [4.69, 9.17) is 0 Å². The molecule has 1 N–H and O–H groups in total. The van der Waals surface area contributed by atoms with Crippen molar-refractivity contribution in [2.24, 2.45) is 0 Å². The zero-order valence-electron chi connectivity index (χ0n) is 13.1. The monoisotopic (exact) mass is 332 g/mol. The number of hydrogen-bond donors (Lipinski definition) is 1. The van der Waals surface area contributed by atoms with Gasteiger partial charge in [0.15, 0.2) is 5.16 Å². The Labute approximate surface area is 139 Å². The lowest BCUT2D eigenvalue weighted by atomic mass is 10.3. The molecule has 2 aromatic rings. The van der Waals surface area contributed by atoms with Crippen molar-refractivity contribution < 1.29 is 4.79 Å². The molecule has 2 aromatic heterocycles. The number of aromatic nitrogens is 4. The average Bonchev–Trinajstić information content (AvgIpc) is 3.20. The molecule has 3 rings (SSSR count). The Morgan fingerprint density at radius 3 is 2.78 bits per heavy atom. The average molecular weight is 332 g/mol. The lowest BCUT2D eigenvalue weighted by molar-refractivity contribution is 0.215. The molecule has 2 amide bonds. The molecule has 0 spiro atoms. The third kappa shape index (κ3) is 3.82. The van der Waals surface area contributed by atoms with Crippen molar-refractivity contribution in [3.63, 3.8) is 0 Å². The van der Waals surface area contributed by atoms with Gasteiger partial charge < -0.3 is 14.8 Å². The maximum absolute atomic E-state index is 11.6. The summed E-state index contributed by atoms with van der Waals surface area (Å²) in [5.41, 5.74) is 0.890. The van der Waals surface area contributed by atoms with E-state index in [1.807, 2.05) is 28.1 Å². The third-order valence-corrected chi connectivity index (χ3v) is 4.67. The van der Waals surface area contributed by atoms with Crippen LogP contribution in [0.25, 0.3) is 11.4 Å². The fourth-order valence-corrected chi connectivity index (χ4v) is 3.04. The van der Waals surface area contributed by atoms with Crippen LogP contribution in [0.5, 0.6) is 0 Å². The molecule has 1 saturated heterocycles. The molecule has 0 unspecified atom stereocenters. The molecular formula is C15H20N6OS. The first-order valence-electron chi connectivity index (χ1n) is 7.77. The van der Waals surface area contributed by atoms with Crippen LogP contribution in [0.2, 0.25) is 0 Å². The maximum atomic E-state index is 11.6. The highest BCUT2D eigenvalue weighted by Crippen LogP contribution is 2.19. The highest BCUT2D eigenvalue weighted by Gasteiger charge is 2.19. The van der Waals surface area contributed by atoms with Gasteiger partial charge in [0.25, 0.3) is 0 Å². The first kappa shape index (κ1) is 15.8. The van der Waals surface area contributed by atoms with Gasteiger partial charge in [0.2, 0.25) is 0 Å². The standard InChI is InChI=1S/C15H20N6OS/c1-2-9-23-14-18-10-12(11-19-14)13-16-3-5-20(13)7-8-21-6-4-17-15(21)22/h3,5,10-11H,2,4,6-9H2,1H3,(H,17,22). The number of amides is 2. The van der Waals surface area contributed by atoms with E-state index in [9.17, 15) is 4.79 Å². The quantitative estimate of drug-likeness (QED) is 0.619. The van der Waals surface area contributed by atoms with Crippen LogP contribution in [-0.4, -0.2) is 55.8 Å². The molecule has 0 bridgehead atoms. The summed E-state index contributed by atoms with van der Waals surface area (Å²) in [6.45, 7) is 4.99. The van der Waals surface area contributed by atoms with Crippen molar-refractivity contribution in [2.75, 3.05) is 25.4 Å². The van der Waals surface area contributed by atoms with Gasteiger partial charge in [-0.25, -0.2) is 19.7 Å². The van der Waals surface area contributed by atoms with E-state index in [1.54, 1.807) is 18.0 Å². The van der Waals surface area contributed by atoms with E-state index in [-0.39, 0.29) is 6.03 Å². The Hall–Kier alpha value is -2.09. The van der Waals surface area contributed by atoms with E-state index in [0.717, 1.165) is 41.8 Å². The predicted octanol–water partition coefficient (Wildman–Crippen LogP) is 1.87. The lowest BCUT2D eigenvalue weighted by Crippen LogP contribution is -2.31. The number of hydrogen-bond acceptors (Lipinski definition) is 5. The van der Waals surface area contributed by atoms with E-state index < -0.39 is 0 Å². The molecule has 1 aliphatic heterocycles. The number of carbonyl (C=O) groups is 1. The van der Waals surface area contributed by atoms with E-state index >= 15 is 0 Å². The van der Waals surface area contributed by atoms with Crippen LogP contribution < -0.4 is 5.32 Å². The van der Waals surface area contributed by atoms with Crippen LogP contribution in [0.1, 0.15) is 13.3 Å². The van der Waals surface area contributed by atoms with Crippen LogP contribution >= 0.6 is 11.8 Å². The minimum absolute atomic E-state index is 0.00676. The normalized spacial score (nSPS) is 14.3. The van der Waals surface area contributed by atoms with E-state index in [2.05, 4.69) is 27.2 Å². The molecular weight excluding hydrogens is 312 g/mol. The van der Waals surface area contributed by atoms with E-state index in [1.165, 1.54) is 0 Å². The predicted molar refractivity (Wildman–Crippen MR) is 89.2 cm³/mol. The van der Waals surface area contributed by atoms with Crippen molar-refractivity contribution in [3.8, 4) is 11.4 Å². The van der Waals surface area contributed by atoms with E-state index in [0.29, 0.717) is 13.1 Å². The number of thioether (sulfide) groups is 1. The van der Waals surface area contributed by atoms with Gasteiger partial charge in [0.05, 0.1) is 5.56 Å². The van der Waals surface area contributed by atoms with Gasteiger partial charge in [-0.1, -0.05) is 18.7 Å². The van der Waals surface area contributed by atoms with Crippen molar-refractivity contribution in [1.82, 2.24) is 29.7 Å². The largest absolute Gasteiger partial charge is 0.336 e. The van der Waals surface area contributed by atoms with Gasteiger partial charge >= 0.3 is 6.03 Å². The molecule has 3 heterocycles. The second-order valence-corrected chi connectivity index (χ2v) is 6.33. The fraction of sp³-hybridized carbons (Fsp3) is 0.467. The molecule has 1 aliphatic rings. The zero-order chi connectivity index (χ0) is 16.1. The summed E-state index contributed by atoms with van der Waals surface area (Å²) in [5, 5.41) is 3.60. The van der Waals surface area contributed by atoms with Crippen LogP contribution in [0.4, 0.5) is 4.79 Å². The Morgan fingerprint density at radius 1 is 1.26 bits per heavy atom. The minimum atomic E-state index is 0.00676. The highest BCUT2D eigenvalue weighted by molar-refractivity contribution is 7.99. The minimum Gasteiger partial charge on any atom is -0.336 e. The molecule has 1 fully saturated rings. The summed E-state index contributed by atoms with van der Waals surface area (Å²) >= 11 is 1.66. The number of nitrogens with zero attached hydrogens (tertiary/aromatic N) is 5. The topological polar surface area (TPSA) is 75.9 Å². The fourth-order valence-electron chi connectivity index (χ4n) is 2.40. The first-order chi connectivity index (χ1) is 11.3. The van der Waals surface area contributed by atoms with Crippen LogP contribution in [0.15, 0.2) is 29.9 Å². The first-order valence-corrected chi connectivity index (χ1v) is 8.75. The lowest BCUT2D eigenvalue weighted by Gasteiger charge is -2.15. The number of rotatable bonds is 7. The highest BCUT2D eigenvalue weighted by atomic mass is 32.2. The Balaban J connectivity index is 1.66. The number of urea groups is 1. The summed E-state index contributed by atoms with van der Waals surface area (Å²) < 4.78 is 2.03. The molecule has 0 radical (unpaired) electrons. The molecule has 0 aliphatic carbocycles. The number of imidazole rings is 1. The summed E-state index contributed by atoms with van der Waals surface area (Å²) in [6.07, 6.45) is 8.41. The Morgan fingerprint density at radius 2 is 2.09 bits per heavy atom. The van der Waals surface area contributed by atoms with Gasteiger partial charge in [0.1, 0.15) is 5.82 Å². The smallest absolute Gasteiger partial charge is 0.317 e. The Bertz CT molecular complexity index is 656. The number of nitrogens with one attached hydrogen (secondary N) is 1. The summed E-state index contributed by atoms with van der Waals surface area (Å²) in [7, 11) is 0.